The Balaban J connectivity index is 2.10. The van der Waals surface area contributed by atoms with Gasteiger partial charge < -0.3 is 5.11 Å². The molecule has 1 saturated heterocycles. The van der Waals surface area contributed by atoms with Gasteiger partial charge in [-0.05, 0) is 54.4 Å². The maximum Gasteiger partial charge on any atom is 0.310 e. The van der Waals surface area contributed by atoms with Crippen molar-refractivity contribution in [1.29, 1.82) is 0 Å². The van der Waals surface area contributed by atoms with Gasteiger partial charge in [0.15, 0.2) is 0 Å². The van der Waals surface area contributed by atoms with Gasteiger partial charge in [-0.3, -0.25) is 9.69 Å². The van der Waals surface area contributed by atoms with E-state index in [0.717, 1.165) is 29.6 Å². The quantitative estimate of drug-likeness (QED) is 0.871. The van der Waals surface area contributed by atoms with Crippen LogP contribution in [0.5, 0.6) is 0 Å². The average Bonchev–Trinajstić information content (AvgIpc) is 2.96. The fourth-order valence-corrected chi connectivity index (χ4v) is 4.44. The van der Waals surface area contributed by atoms with Crippen molar-refractivity contribution in [3.63, 3.8) is 0 Å². The number of carbonyl (C=O) groups is 1. The summed E-state index contributed by atoms with van der Waals surface area (Å²) < 4.78 is 1.13. The third-order valence-electron chi connectivity index (χ3n) is 4.12. The summed E-state index contributed by atoms with van der Waals surface area (Å²) in [7, 11) is 0. The van der Waals surface area contributed by atoms with E-state index in [-0.39, 0.29) is 0 Å². The lowest BCUT2D eigenvalue weighted by Crippen LogP contribution is -2.35. The van der Waals surface area contributed by atoms with Gasteiger partial charge >= 0.3 is 5.97 Å². The van der Waals surface area contributed by atoms with Crippen molar-refractivity contribution in [1.82, 2.24) is 4.90 Å². The fourth-order valence-electron chi connectivity index (χ4n) is 2.93. The molecule has 19 heavy (non-hydrogen) atoms. The normalized spacial score (nSPS) is 25.6. The van der Waals surface area contributed by atoms with E-state index in [0.29, 0.717) is 12.6 Å². The third kappa shape index (κ3) is 3.03. The van der Waals surface area contributed by atoms with Gasteiger partial charge in [0.2, 0.25) is 0 Å². The molecule has 1 fully saturated rings. The highest BCUT2D eigenvalue weighted by Gasteiger charge is 2.45. The number of hydrogen-bond acceptors (Lipinski definition) is 3. The molecule has 3 nitrogen and oxygen atoms in total. The zero-order valence-electron chi connectivity index (χ0n) is 11.4. The molecule has 0 saturated carbocycles. The van der Waals surface area contributed by atoms with E-state index in [1.807, 2.05) is 0 Å². The number of thiophene rings is 1. The first-order valence-corrected chi connectivity index (χ1v) is 8.32. The zero-order chi connectivity index (χ0) is 14.0. The van der Waals surface area contributed by atoms with E-state index in [4.69, 9.17) is 0 Å². The van der Waals surface area contributed by atoms with Crippen LogP contribution in [0.15, 0.2) is 15.9 Å². The van der Waals surface area contributed by atoms with Crippen LogP contribution in [-0.2, 0) is 4.79 Å². The number of nitrogens with zero attached hydrogens (tertiary/aromatic N) is 1. The maximum absolute atomic E-state index is 11.6. The second-order valence-corrected chi connectivity index (χ2v) is 7.87. The van der Waals surface area contributed by atoms with E-state index in [1.54, 1.807) is 11.3 Å². The Morgan fingerprint density at radius 1 is 1.63 bits per heavy atom. The van der Waals surface area contributed by atoms with Gasteiger partial charge in [-0.25, -0.2) is 0 Å². The number of aliphatic carboxylic acids is 1. The van der Waals surface area contributed by atoms with Crippen LogP contribution >= 0.6 is 27.3 Å². The van der Waals surface area contributed by atoms with Crippen LogP contribution < -0.4 is 0 Å². The molecule has 0 amide bonds. The van der Waals surface area contributed by atoms with E-state index in [9.17, 15) is 9.90 Å². The van der Waals surface area contributed by atoms with Crippen molar-refractivity contribution >= 4 is 33.2 Å². The summed E-state index contributed by atoms with van der Waals surface area (Å²) in [5, 5.41) is 9.54. The number of carboxylic acids is 1. The minimum Gasteiger partial charge on any atom is -0.481 e. The van der Waals surface area contributed by atoms with Crippen molar-refractivity contribution in [2.75, 3.05) is 13.1 Å². The van der Waals surface area contributed by atoms with Crippen LogP contribution in [0.25, 0.3) is 0 Å². The molecule has 1 aliphatic heterocycles. The molecule has 0 bridgehead atoms. The predicted molar refractivity (Wildman–Crippen MR) is 81.6 cm³/mol. The highest BCUT2D eigenvalue weighted by Crippen LogP contribution is 2.40. The molecule has 1 aliphatic rings. The zero-order valence-corrected chi connectivity index (χ0v) is 13.8. The molecule has 0 aromatic carbocycles. The largest absolute Gasteiger partial charge is 0.481 e. The summed E-state index contributed by atoms with van der Waals surface area (Å²) in [6.07, 6.45) is 2.48. The van der Waals surface area contributed by atoms with Gasteiger partial charge in [0, 0.05) is 17.5 Å². The topological polar surface area (TPSA) is 40.5 Å². The van der Waals surface area contributed by atoms with Gasteiger partial charge in [-0.2, -0.15) is 0 Å². The minimum atomic E-state index is -0.628. The lowest BCUT2D eigenvalue weighted by atomic mass is 9.83. The van der Waals surface area contributed by atoms with Gasteiger partial charge in [-0.15, -0.1) is 11.3 Å². The molecule has 0 radical (unpaired) electrons. The van der Waals surface area contributed by atoms with Crippen LogP contribution in [0.3, 0.4) is 0 Å². The summed E-state index contributed by atoms with van der Waals surface area (Å²) in [4.78, 5) is 15.2. The summed E-state index contributed by atoms with van der Waals surface area (Å²) in [6.45, 7) is 5.78. The summed E-state index contributed by atoms with van der Waals surface area (Å²) >= 11 is 5.22. The molecule has 106 valence electrons. The Morgan fingerprint density at radius 2 is 2.37 bits per heavy atom. The first kappa shape index (κ1) is 15.0. The summed E-state index contributed by atoms with van der Waals surface area (Å²) in [5.74, 6) is -0.628. The monoisotopic (exact) mass is 345 g/mol. The number of hydrogen-bond donors (Lipinski definition) is 1. The molecule has 2 heterocycles. The SMILES string of the molecule is CCCC1(C(=O)O)CCN(C(C)c2ccc(Br)s2)C1. The van der Waals surface area contributed by atoms with Gasteiger partial charge in [0.1, 0.15) is 0 Å². The molecule has 1 aromatic rings. The molecular formula is C14H20BrNO2S. The van der Waals surface area contributed by atoms with Gasteiger partial charge in [-0.1, -0.05) is 13.3 Å². The van der Waals surface area contributed by atoms with Crippen molar-refractivity contribution < 1.29 is 9.90 Å². The Labute approximate surface area is 126 Å². The number of likely N-dealkylation sites (tertiary alicyclic amines) is 1. The molecule has 1 aromatic heterocycles. The Kier molecular flexibility index (Phi) is 4.69. The first-order chi connectivity index (χ1) is 8.98. The van der Waals surface area contributed by atoms with Crippen LogP contribution in [0.1, 0.15) is 44.0 Å². The molecule has 0 spiro atoms. The van der Waals surface area contributed by atoms with E-state index < -0.39 is 11.4 Å². The second-order valence-electron chi connectivity index (χ2n) is 5.37. The lowest BCUT2D eigenvalue weighted by Gasteiger charge is -2.27. The molecular weight excluding hydrogens is 326 g/mol. The van der Waals surface area contributed by atoms with E-state index in [1.165, 1.54) is 4.88 Å². The minimum absolute atomic E-state index is 0.300. The van der Waals surface area contributed by atoms with Crippen molar-refractivity contribution in [3.05, 3.63) is 20.8 Å². The van der Waals surface area contributed by atoms with Crippen LogP contribution in [0, 0.1) is 5.41 Å². The van der Waals surface area contributed by atoms with Crippen molar-refractivity contribution in [2.45, 2.75) is 39.2 Å². The number of rotatable bonds is 5. The van der Waals surface area contributed by atoms with Crippen LogP contribution in [0.2, 0.25) is 0 Å². The Morgan fingerprint density at radius 3 is 2.89 bits per heavy atom. The summed E-state index contributed by atoms with van der Waals surface area (Å²) in [5.41, 5.74) is -0.530. The van der Waals surface area contributed by atoms with Crippen LogP contribution in [-0.4, -0.2) is 29.1 Å². The van der Waals surface area contributed by atoms with Crippen molar-refractivity contribution in [3.8, 4) is 0 Å². The predicted octanol–water partition coefficient (Wildman–Crippen LogP) is 4.15. The number of halogens is 1. The Bertz CT molecular complexity index is 462. The van der Waals surface area contributed by atoms with Crippen molar-refractivity contribution in [2.24, 2.45) is 5.41 Å². The number of carboxylic acid groups (broad SMARTS) is 1. The highest BCUT2D eigenvalue weighted by atomic mass is 79.9. The maximum atomic E-state index is 11.6. The molecule has 2 atom stereocenters. The molecule has 2 rings (SSSR count). The summed E-state index contributed by atoms with van der Waals surface area (Å²) in [6, 6.07) is 4.48. The molecule has 5 heteroatoms. The lowest BCUT2D eigenvalue weighted by molar-refractivity contribution is -0.148. The Hall–Kier alpha value is -0.390. The van der Waals surface area contributed by atoms with Crippen LogP contribution in [0.4, 0.5) is 0 Å². The van der Waals surface area contributed by atoms with Gasteiger partial charge in [0.25, 0.3) is 0 Å². The molecule has 1 N–H and O–H groups in total. The molecule has 2 unspecified atom stereocenters. The van der Waals surface area contributed by atoms with Gasteiger partial charge in [0.05, 0.1) is 9.20 Å². The fraction of sp³-hybridized carbons (Fsp3) is 0.643. The smallest absolute Gasteiger partial charge is 0.310 e. The van der Waals surface area contributed by atoms with E-state index in [2.05, 4.69) is 46.8 Å². The second kappa shape index (κ2) is 5.94. The third-order valence-corrected chi connectivity index (χ3v) is 5.91. The molecule has 0 aliphatic carbocycles. The van der Waals surface area contributed by atoms with E-state index >= 15 is 0 Å². The average molecular weight is 346 g/mol. The standard InChI is InChI=1S/C14H20BrNO2S/c1-3-6-14(13(17)18)7-8-16(9-14)10(2)11-4-5-12(15)19-11/h4-5,10H,3,6-9H2,1-2H3,(H,17,18). The first-order valence-electron chi connectivity index (χ1n) is 6.71. The highest BCUT2D eigenvalue weighted by molar-refractivity contribution is 9.11.